The molecule has 4 rings (SSSR count). The Morgan fingerprint density at radius 2 is 1.81 bits per heavy atom. The van der Waals surface area contributed by atoms with Gasteiger partial charge in [0.25, 0.3) is 0 Å². The van der Waals surface area contributed by atoms with Crippen LogP contribution in [0.15, 0.2) is 67.1 Å². The molecule has 0 aliphatic carbocycles. The van der Waals surface area contributed by atoms with Crippen molar-refractivity contribution in [2.45, 2.75) is 25.8 Å². The number of piperidine rings is 1. The van der Waals surface area contributed by atoms with E-state index in [2.05, 4.69) is 50.1 Å². The Labute approximate surface area is 195 Å². The van der Waals surface area contributed by atoms with Crippen molar-refractivity contribution in [1.82, 2.24) is 14.9 Å². The molecule has 2 aromatic carbocycles. The maximum absolute atomic E-state index is 12.6. The molecule has 2 heterocycles. The highest BCUT2D eigenvalue weighted by atomic mass is 35.5. The van der Waals surface area contributed by atoms with Crippen LogP contribution < -0.4 is 10.2 Å². The number of hydrogen-bond donors (Lipinski definition) is 1. The van der Waals surface area contributed by atoms with E-state index in [4.69, 9.17) is 5.26 Å². The minimum Gasteiger partial charge on any atom is -0.371 e. The molecule has 0 atom stereocenters. The number of imidazole rings is 1. The van der Waals surface area contributed by atoms with Crippen molar-refractivity contribution in [1.29, 1.82) is 5.26 Å². The highest BCUT2D eigenvalue weighted by Crippen LogP contribution is 2.23. The lowest BCUT2D eigenvalue weighted by Gasteiger charge is -2.33. The second kappa shape index (κ2) is 11.4. The molecule has 6 nitrogen and oxygen atoms in total. The largest absolute Gasteiger partial charge is 0.371 e. The minimum atomic E-state index is 0. The predicted molar refractivity (Wildman–Crippen MR) is 128 cm³/mol. The standard InChI is InChI=1S/C25H27N5O.ClH/c26-16-20-6-8-21(9-7-20)18-30-19-27-17-24(30)10-13-28-25(31)22-11-14-29(15-12-22)23-4-2-1-3-5-23;/h1-9,17,19,22H,10-15,18H2,(H,28,31);1H. The molecule has 0 bridgehead atoms. The fourth-order valence-corrected chi connectivity index (χ4v) is 4.08. The smallest absolute Gasteiger partial charge is 0.223 e. The summed E-state index contributed by atoms with van der Waals surface area (Å²) in [6.07, 6.45) is 6.18. The number of carbonyl (C=O) groups is 1. The lowest BCUT2D eigenvalue weighted by Crippen LogP contribution is -2.41. The Morgan fingerprint density at radius 1 is 1.09 bits per heavy atom. The topological polar surface area (TPSA) is 74.0 Å². The summed E-state index contributed by atoms with van der Waals surface area (Å²) < 4.78 is 2.09. The molecule has 0 spiro atoms. The Balaban J connectivity index is 0.00000289. The SMILES string of the molecule is Cl.N#Cc1ccc(Cn2cncc2CCNC(=O)C2CCN(c3ccccc3)CC2)cc1. The van der Waals surface area contributed by atoms with E-state index in [-0.39, 0.29) is 24.2 Å². The van der Waals surface area contributed by atoms with Gasteiger partial charge in [0.15, 0.2) is 0 Å². The third-order valence-electron chi connectivity index (χ3n) is 5.90. The van der Waals surface area contributed by atoms with Gasteiger partial charge < -0.3 is 14.8 Å². The fourth-order valence-electron chi connectivity index (χ4n) is 4.08. The van der Waals surface area contributed by atoms with E-state index in [1.807, 2.05) is 42.9 Å². The Bertz CT molecular complexity index is 1030. The van der Waals surface area contributed by atoms with Crippen LogP contribution in [0.4, 0.5) is 5.69 Å². The summed E-state index contributed by atoms with van der Waals surface area (Å²) in [7, 11) is 0. The Morgan fingerprint density at radius 3 is 2.50 bits per heavy atom. The first kappa shape index (κ1) is 23.4. The number of rotatable bonds is 7. The van der Waals surface area contributed by atoms with E-state index < -0.39 is 0 Å². The maximum Gasteiger partial charge on any atom is 0.223 e. The van der Waals surface area contributed by atoms with Gasteiger partial charge in [-0.3, -0.25) is 4.79 Å². The molecule has 3 aromatic rings. The third kappa shape index (κ3) is 5.89. The van der Waals surface area contributed by atoms with E-state index in [0.29, 0.717) is 18.7 Å². The molecule has 1 amide bonds. The molecule has 1 N–H and O–H groups in total. The van der Waals surface area contributed by atoms with Crippen LogP contribution in [-0.2, 0) is 17.8 Å². The number of nitrogens with one attached hydrogen (secondary N) is 1. The second-order valence-corrected chi connectivity index (χ2v) is 7.96. The molecule has 1 aromatic heterocycles. The maximum atomic E-state index is 12.6. The van der Waals surface area contributed by atoms with Gasteiger partial charge in [-0.25, -0.2) is 4.98 Å². The number of anilines is 1. The fraction of sp³-hybridized carbons (Fsp3) is 0.320. The van der Waals surface area contributed by atoms with Gasteiger partial charge in [0.1, 0.15) is 0 Å². The lowest BCUT2D eigenvalue weighted by molar-refractivity contribution is -0.125. The summed E-state index contributed by atoms with van der Waals surface area (Å²) >= 11 is 0. The summed E-state index contributed by atoms with van der Waals surface area (Å²) in [6, 6.07) is 20.1. The van der Waals surface area contributed by atoms with Crippen LogP contribution in [-0.4, -0.2) is 35.1 Å². The second-order valence-electron chi connectivity index (χ2n) is 7.96. The van der Waals surface area contributed by atoms with E-state index in [1.54, 1.807) is 0 Å². The molecule has 1 aliphatic heterocycles. The van der Waals surface area contributed by atoms with Crippen LogP contribution in [0.2, 0.25) is 0 Å². The number of nitrogens with zero attached hydrogens (tertiary/aromatic N) is 4. The van der Waals surface area contributed by atoms with Crippen LogP contribution in [0.3, 0.4) is 0 Å². The van der Waals surface area contributed by atoms with Crippen LogP contribution in [0, 0.1) is 17.2 Å². The zero-order valence-corrected chi connectivity index (χ0v) is 18.8. The third-order valence-corrected chi connectivity index (χ3v) is 5.90. The van der Waals surface area contributed by atoms with E-state index in [1.165, 1.54) is 5.69 Å². The van der Waals surface area contributed by atoms with Gasteiger partial charge in [0.2, 0.25) is 5.91 Å². The summed E-state index contributed by atoms with van der Waals surface area (Å²) in [5.41, 5.74) is 4.10. The Kier molecular flexibility index (Phi) is 8.29. The molecular weight excluding hydrogens is 422 g/mol. The quantitative estimate of drug-likeness (QED) is 0.595. The number of benzene rings is 2. The Hall–Kier alpha value is -3.30. The zero-order valence-electron chi connectivity index (χ0n) is 18.0. The van der Waals surface area contributed by atoms with Crippen LogP contribution in [0.1, 0.15) is 29.7 Å². The first-order valence-electron chi connectivity index (χ1n) is 10.8. The summed E-state index contributed by atoms with van der Waals surface area (Å²) in [5, 5.41) is 12.0. The van der Waals surface area contributed by atoms with Gasteiger partial charge in [-0.05, 0) is 42.7 Å². The van der Waals surface area contributed by atoms with Gasteiger partial charge in [0.05, 0.1) is 18.0 Å². The van der Waals surface area contributed by atoms with Crippen LogP contribution in [0.25, 0.3) is 0 Å². The zero-order chi connectivity index (χ0) is 21.5. The van der Waals surface area contributed by atoms with Gasteiger partial charge in [-0.2, -0.15) is 5.26 Å². The van der Waals surface area contributed by atoms with Crippen molar-refractivity contribution in [3.63, 3.8) is 0 Å². The predicted octanol–water partition coefficient (Wildman–Crippen LogP) is 3.80. The first-order valence-corrected chi connectivity index (χ1v) is 10.8. The average Bonchev–Trinajstić information content (AvgIpc) is 3.27. The lowest BCUT2D eigenvalue weighted by atomic mass is 9.95. The number of hydrogen-bond acceptors (Lipinski definition) is 4. The van der Waals surface area contributed by atoms with Crippen molar-refractivity contribution in [3.05, 3.63) is 83.9 Å². The molecule has 1 aliphatic rings. The van der Waals surface area contributed by atoms with Crippen molar-refractivity contribution in [3.8, 4) is 6.07 Å². The molecule has 1 fully saturated rings. The molecular formula is C25H28ClN5O. The van der Waals surface area contributed by atoms with Gasteiger partial charge in [-0.15, -0.1) is 12.4 Å². The van der Waals surface area contributed by atoms with Gasteiger partial charge in [-0.1, -0.05) is 30.3 Å². The molecule has 7 heteroatoms. The van der Waals surface area contributed by atoms with Gasteiger partial charge >= 0.3 is 0 Å². The van der Waals surface area contributed by atoms with Crippen molar-refractivity contribution >= 4 is 24.0 Å². The minimum absolute atomic E-state index is 0. The van der Waals surface area contributed by atoms with E-state index in [9.17, 15) is 4.79 Å². The molecule has 0 saturated carbocycles. The summed E-state index contributed by atoms with van der Waals surface area (Å²) in [4.78, 5) is 19.2. The molecule has 32 heavy (non-hydrogen) atoms. The van der Waals surface area contributed by atoms with E-state index in [0.717, 1.165) is 43.6 Å². The number of aromatic nitrogens is 2. The van der Waals surface area contributed by atoms with E-state index >= 15 is 0 Å². The normalized spacial score (nSPS) is 13.8. The van der Waals surface area contributed by atoms with Crippen molar-refractivity contribution < 1.29 is 4.79 Å². The van der Waals surface area contributed by atoms with Crippen LogP contribution in [0.5, 0.6) is 0 Å². The first-order chi connectivity index (χ1) is 15.2. The van der Waals surface area contributed by atoms with Crippen molar-refractivity contribution in [2.75, 3.05) is 24.5 Å². The number of amides is 1. The number of nitriles is 1. The summed E-state index contributed by atoms with van der Waals surface area (Å²) in [6.45, 7) is 3.14. The summed E-state index contributed by atoms with van der Waals surface area (Å²) in [5.74, 6) is 0.245. The number of halogens is 1. The number of para-hydroxylation sites is 1. The molecule has 1 saturated heterocycles. The van der Waals surface area contributed by atoms with Crippen molar-refractivity contribution in [2.24, 2.45) is 5.92 Å². The molecule has 0 unspecified atom stereocenters. The van der Waals surface area contributed by atoms with Crippen LogP contribution >= 0.6 is 12.4 Å². The molecule has 0 radical (unpaired) electrons. The highest BCUT2D eigenvalue weighted by Gasteiger charge is 2.24. The highest BCUT2D eigenvalue weighted by molar-refractivity contribution is 5.85. The number of carbonyl (C=O) groups excluding carboxylic acids is 1. The average molecular weight is 450 g/mol. The molecule has 166 valence electrons. The van der Waals surface area contributed by atoms with Gasteiger partial charge in [0, 0.05) is 56.1 Å². The monoisotopic (exact) mass is 449 g/mol.